The Morgan fingerprint density at radius 2 is 2.11 bits per heavy atom. The van der Waals surface area contributed by atoms with Crippen molar-refractivity contribution in [3.05, 3.63) is 41.1 Å². The molecular weight excluding hydrogens is 224 g/mol. The molecule has 0 atom stereocenters. The van der Waals surface area contributed by atoms with Gasteiger partial charge in [-0.1, -0.05) is 19.1 Å². The van der Waals surface area contributed by atoms with E-state index in [2.05, 4.69) is 40.1 Å². The van der Waals surface area contributed by atoms with Crippen molar-refractivity contribution in [3.8, 4) is 11.3 Å². The molecule has 3 rings (SSSR count). The van der Waals surface area contributed by atoms with Crippen molar-refractivity contribution in [3.63, 3.8) is 0 Å². The Balaban J connectivity index is 2.09. The van der Waals surface area contributed by atoms with E-state index >= 15 is 0 Å². The molecule has 0 fully saturated rings. The van der Waals surface area contributed by atoms with Crippen molar-refractivity contribution in [2.75, 3.05) is 5.73 Å². The number of fused-ring (bicyclic) bond motifs is 1. The zero-order chi connectivity index (χ0) is 12.5. The molecule has 4 heteroatoms. The fraction of sp³-hybridized carbons (Fsp3) is 0.214. The lowest BCUT2D eigenvalue weighted by Crippen LogP contribution is -2.00. The van der Waals surface area contributed by atoms with E-state index in [0.717, 1.165) is 29.9 Å². The van der Waals surface area contributed by atoms with E-state index in [1.165, 1.54) is 11.1 Å². The van der Waals surface area contributed by atoms with Gasteiger partial charge in [0.2, 0.25) is 5.95 Å². The maximum absolute atomic E-state index is 5.74. The summed E-state index contributed by atoms with van der Waals surface area (Å²) in [5.74, 6) is 0.332. The zero-order valence-electron chi connectivity index (χ0n) is 10.2. The Labute approximate surface area is 106 Å². The average molecular weight is 238 g/mol. The molecule has 2 heterocycles. The lowest BCUT2D eigenvalue weighted by molar-refractivity contribution is 1.01. The fourth-order valence-corrected chi connectivity index (χ4v) is 2.11. The van der Waals surface area contributed by atoms with Crippen LogP contribution in [0.4, 0.5) is 5.95 Å². The van der Waals surface area contributed by atoms with Gasteiger partial charge in [0.15, 0.2) is 0 Å². The summed E-state index contributed by atoms with van der Waals surface area (Å²) in [6, 6.07) is 8.26. The molecule has 0 spiro atoms. The Kier molecular flexibility index (Phi) is 2.55. The van der Waals surface area contributed by atoms with Gasteiger partial charge in [-0.2, -0.15) is 0 Å². The molecule has 0 amide bonds. The monoisotopic (exact) mass is 238 g/mol. The van der Waals surface area contributed by atoms with E-state index in [1.54, 1.807) is 0 Å². The topological polar surface area (TPSA) is 64.2 Å². The highest BCUT2D eigenvalue weighted by atomic mass is 15.0. The van der Waals surface area contributed by atoms with Crippen molar-refractivity contribution in [1.82, 2.24) is 9.97 Å². The van der Waals surface area contributed by atoms with E-state index in [0.29, 0.717) is 5.95 Å². The Bertz CT molecular complexity index is 632. The minimum Gasteiger partial charge on any atom is -0.368 e. The molecule has 0 saturated carbocycles. The average Bonchev–Trinajstić information content (AvgIpc) is 2.85. The number of benzene rings is 1. The number of nitrogen functional groups attached to an aromatic ring is 1. The zero-order valence-corrected chi connectivity index (χ0v) is 10.2. The normalized spacial score (nSPS) is 12.7. The minimum absolute atomic E-state index is 0.332. The van der Waals surface area contributed by atoms with E-state index in [4.69, 9.17) is 5.73 Å². The van der Waals surface area contributed by atoms with Gasteiger partial charge in [0.25, 0.3) is 0 Å². The number of anilines is 1. The summed E-state index contributed by atoms with van der Waals surface area (Å²) >= 11 is 0. The number of aromatic nitrogens is 2. The Morgan fingerprint density at radius 3 is 2.94 bits per heavy atom. The number of nitrogens with zero attached hydrogens (tertiary/aromatic N) is 3. The van der Waals surface area contributed by atoms with Crippen LogP contribution in [0.15, 0.2) is 29.3 Å². The minimum atomic E-state index is 0.332. The molecule has 1 aromatic carbocycles. The van der Waals surface area contributed by atoms with Crippen molar-refractivity contribution in [2.45, 2.75) is 19.9 Å². The van der Waals surface area contributed by atoms with Crippen LogP contribution in [0.1, 0.15) is 23.7 Å². The van der Waals surface area contributed by atoms with E-state index in [-0.39, 0.29) is 0 Å². The van der Waals surface area contributed by atoms with Crippen LogP contribution >= 0.6 is 0 Å². The number of aryl methyl sites for hydroxylation is 1. The van der Waals surface area contributed by atoms with Crippen LogP contribution in [0, 0.1) is 0 Å². The molecule has 4 nitrogen and oxygen atoms in total. The van der Waals surface area contributed by atoms with Gasteiger partial charge in [-0.05, 0) is 29.7 Å². The second-order valence-electron chi connectivity index (χ2n) is 4.34. The maximum Gasteiger partial charge on any atom is 0.220 e. The summed E-state index contributed by atoms with van der Waals surface area (Å²) in [6.07, 6.45) is 2.76. The van der Waals surface area contributed by atoms with Gasteiger partial charge in [-0.15, -0.1) is 0 Å². The summed E-state index contributed by atoms with van der Waals surface area (Å²) in [4.78, 5) is 12.7. The van der Waals surface area contributed by atoms with Gasteiger partial charge in [-0.25, -0.2) is 9.97 Å². The molecular formula is C14H14N4. The van der Waals surface area contributed by atoms with Crippen LogP contribution < -0.4 is 5.73 Å². The van der Waals surface area contributed by atoms with Crippen LogP contribution in [0.3, 0.4) is 0 Å². The highest BCUT2D eigenvalue weighted by molar-refractivity contribution is 5.86. The third kappa shape index (κ3) is 1.86. The molecule has 2 aromatic rings. The number of hydrogen-bond acceptors (Lipinski definition) is 4. The van der Waals surface area contributed by atoms with Gasteiger partial charge < -0.3 is 5.73 Å². The molecule has 0 unspecified atom stereocenters. The van der Waals surface area contributed by atoms with Gasteiger partial charge in [0.1, 0.15) is 0 Å². The molecule has 1 aromatic heterocycles. The van der Waals surface area contributed by atoms with Crippen molar-refractivity contribution < 1.29 is 0 Å². The van der Waals surface area contributed by atoms with Crippen molar-refractivity contribution in [2.24, 2.45) is 4.99 Å². The molecule has 1 aliphatic heterocycles. The predicted octanol–water partition coefficient (Wildman–Crippen LogP) is 2.22. The van der Waals surface area contributed by atoms with Gasteiger partial charge in [0, 0.05) is 17.5 Å². The van der Waals surface area contributed by atoms with Crippen LogP contribution in [0.25, 0.3) is 11.3 Å². The van der Waals surface area contributed by atoms with Crippen LogP contribution in [-0.4, -0.2) is 16.2 Å². The maximum atomic E-state index is 5.74. The molecule has 0 bridgehead atoms. The molecule has 0 saturated heterocycles. The predicted molar refractivity (Wildman–Crippen MR) is 72.6 cm³/mol. The van der Waals surface area contributed by atoms with Crippen LogP contribution in [0.5, 0.6) is 0 Å². The second-order valence-corrected chi connectivity index (χ2v) is 4.34. The second kappa shape index (κ2) is 4.22. The highest BCUT2D eigenvalue weighted by Crippen LogP contribution is 2.24. The Hall–Kier alpha value is -2.23. The first-order valence-corrected chi connectivity index (χ1v) is 6.03. The molecule has 1 aliphatic rings. The molecule has 18 heavy (non-hydrogen) atoms. The van der Waals surface area contributed by atoms with E-state index in [9.17, 15) is 0 Å². The van der Waals surface area contributed by atoms with Gasteiger partial charge in [-0.3, -0.25) is 4.99 Å². The van der Waals surface area contributed by atoms with Crippen molar-refractivity contribution >= 4 is 12.2 Å². The molecule has 0 aliphatic carbocycles. The van der Waals surface area contributed by atoms with E-state index in [1.807, 2.05) is 12.3 Å². The summed E-state index contributed by atoms with van der Waals surface area (Å²) < 4.78 is 0. The summed E-state index contributed by atoms with van der Waals surface area (Å²) in [5, 5.41) is 0. The standard InChI is InChI=1S/C14H14N4/c1-2-12-6-13(18-14(15)17-12)9-3-4-10-7-16-8-11(10)5-9/h3-6,8H,2,7H2,1H3,(H2,15,17,18). The SMILES string of the molecule is CCc1cc(-c2ccc3c(c2)C=NC3)nc(N)n1. The first-order valence-electron chi connectivity index (χ1n) is 6.03. The quantitative estimate of drug-likeness (QED) is 0.872. The summed E-state index contributed by atoms with van der Waals surface area (Å²) in [7, 11) is 0. The molecule has 90 valence electrons. The van der Waals surface area contributed by atoms with Crippen LogP contribution in [0.2, 0.25) is 0 Å². The lowest BCUT2D eigenvalue weighted by atomic mass is 10.0. The smallest absolute Gasteiger partial charge is 0.220 e. The van der Waals surface area contributed by atoms with E-state index < -0.39 is 0 Å². The Morgan fingerprint density at radius 1 is 1.22 bits per heavy atom. The molecule has 0 radical (unpaired) electrons. The number of hydrogen-bond donors (Lipinski definition) is 1. The van der Waals surface area contributed by atoms with Crippen molar-refractivity contribution in [1.29, 1.82) is 0 Å². The first kappa shape index (κ1) is 10.9. The van der Waals surface area contributed by atoms with Crippen LogP contribution in [-0.2, 0) is 13.0 Å². The summed E-state index contributed by atoms with van der Waals surface area (Å²) in [6.45, 7) is 2.84. The summed E-state index contributed by atoms with van der Waals surface area (Å²) in [5.41, 5.74) is 11.1. The number of nitrogens with two attached hydrogens (primary N) is 1. The third-order valence-corrected chi connectivity index (χ3v) is 3.09. The number of aliphatic imine (C=N–C) groups is 1. The number of rotatable bonds is 2. The van der Waals surface area contributed by atoms with Gasteiger partial charge in [0.05, 0.1) is 12.2 Å². The highest BCUT2D eigenvalue weighted by Gasteiger charge is 2.09. The lowest BCUT2D eigenvalue weighted by Gasteiger charge is -2.06. The fourth-order valence-electron chi connectivity index (χ4n) is 2.11. The van der Waals surface area contributed by atoms with Gasteiger partial charge >= 0.3 is 0 Å². The molecule has 2 N–H and O–H groups in total. The largest absolute Gasteiger partial charge is 0.368 e. The first-order chi connectivity index (χ1) is 8.76. The third-order valence-electron chi connectivity index (χ3n) is 3.09.